The Morgan fingerprint density at radius 3 is 2.36 bits per heavy atom. The molecule has 2 rings (SSSR count). The molecule has 0 aliphatic heterocycles. The molecule has 0 spiro atoms. The smallest absolute Gasteiger partial charge is 0.214 e. The van der Waals surface area contributed by atoms with Crippen molar-refractivity contribution in [3.8, 4) is 0 Å². The lowest BCUT2D eigenvalue weighted by molar-refractivity contribution is -0.108. The predicted octanol–water partition coefficient (Wildman–Crippen LogP) is 6.03. The van der Waals surface area contributed by atoms with Crippen molar-refractivity contribution in [1.29, 1.82) is 0 Å². The van der Waals surface area contributed by atoms with E-state index in [0.29, 0.717) is 32.8 Å². The lowest BCUT2D eigenvalue weighted by Crippen LogP contribution is -2.37. The number of allylic oxidation sites excluding steroid dienone is 1. The van der Waals surface area contributed by atoms with E-state index in [1.807, 2.05) is 44.2 Å². The van der Waals surface area contributed by atoms with Crippen LogP contribution in [-0.4, -0.2) is 70.5 Å². The third-order valence-corrected chi connectivity index (χ3v) is 6.30. The summed E-state index contributed by atoms with van der Waals surface area (Å²) in [6.07, 6.45) is 7.33. The van der Waals surface area contributed by atoms with Gasteiger partial charge in [0.2, 0.25) is 6.41 Å². The van der Waals surface area contributed by atoms with Crippen LogP contribution in [0.15, 0.2) is 78.1 Å². The van der Waals surface area contributed by atoms with Crippen molar-refractivity contribution < 1.29 is 23.4 Å². The van der Waals surface area contributed by atoms with Crippen LogP contribution >= 0.6 is 0 Å². The van der Waals surface area contributed by atoms with Crippen molar-refractivity contribution in [3.63, 3.8) is 0 Å². The predicted molar refractivity (Wildman–Crippen MR) is 156 cm³/mol. The molecule has 0 fully saturated rings. The Bertz CT molecular complexity index is 995. The number of amides is 1. The van der Waals surface area contributed by atoms with Crippen molar-refractivity contribution in [1.82, 2.24) is 4.90 Å². The quantitative estimate of drug-likeness (QED) is 0.0888. The first-order chi connectivity index (χ1) is 19.0. The summed E-state index contributed by atoms with van der Waals surface area (Å²) in [5.41, 5.74) is 2.95. The molecule has 0 aromatic heterocycles. The molecule has 2 aromatic rings. The van der Waals surface area contributed by atoms with Crippen molar-refractivity contribution in [2.45, 2.75) is 46.1 Å². The number of para-hydroxylation sites is 1. The summed E-state index contributed by atoms with van der Waals surface area (Å²) in [4.78, 5) is 16.0. The van der Waals surface area contributed by atoms with Crippen LogP contribution in [0.3, 0.4) is 0 Å². The number of carbonyl (C=O) groups excluding carboxylic acids is 1. The minimum absolute atomic E-state index is 0.0841. The molecule has 0 aliphatic carbocycles. The molecule has 0 radical (unpaired) electrons. The Morgan fingerprint density at radius 2 is 1.74 bits per heavy atom. The number of carbonyl (C=O) groups is 1. The molecule has 1 amide bonds. The number of rotatable bonds is 20. The van der Waals surface area contributed by atoms with Crippen LogP contribution in [0.4, 0.5) is 10.1 Å². The molecule has 0 N–H and O–H groups in total. The van der Waals surface area contributed by atoms with Crippen LogP contribution in [0.1, 0.15) is 39.2 Å². The molecule has 39 heavy (non-hydrogen) atoms. The molecular formula is C32H45FN2O4. The van der Waals surface area contributed by atoms with E-state index in [1.165, 1.54) is 12.1 Å². The van der Waals surface area contributed by atoms with Crippen molar-refractivity contribution in [3.05, 3.63) is 89.5 Å². The Labute approximate surface area is 234 Å². The Morgan fingerprint density at radius 1 is 1.00 bits per heavy atom. The molecule has 6 nitrogen and oxygen atoms in total. The number of nitrogens with zero attached hydrogens (tertiary/aromatic N) is 2. The maximum absolute atomic E-state index is 13.4. The van der Waals surface area contributed by atoms with Gasteiger partial charge in [-0.25, -0.2) is 4.39 Å². The molecule has 2 aromatic carbocycles. The van der Waals surface area contributed by atoms with E-state index in [1.54, 1.807) is 24.1 Å². The molecule has 7 heteroatoms. The lowest BCUT2D eigenvalue weighted by atomic mass is 10.1. The maximum atomic E-state index is 13.4. The highest BCUT2D eigenvalue weighted by Crippen LogP contribution is 2.16. The van der Waals surface area contributed by atoms with Crippen molar-refractivity contribution in [2.24, 2.45) is 0 Å². The van der Waals surface area contributed by atoms with Gasteiger partial charge in [0.15, 0.2) is 0 Å². The van der Waals surface area contributed by atoms with E-state index in [0.717, 1.165) is 61.5 Å². The van der Waals surface area contributed by atoms with E-state index < -0.39 is 0 Å². The average Bonchev–Trinajstić information content (AvgIpc) is 2.95. The van der Waals surface area contributed by atoms with E-state index in [4.69, 9.17) is 14.2 Å². The van der Waals surface area contributed by atoms with Crippen LogP contribution in [0.2, 0.25) is 0 Å². The zero-order valence-corrected chi connectivity index (χ0v) is 24.0. The number of hydrogen-bond donors (Lipinski definition) is 0. The molecule has 0 aliphatic rings. The van der Waals surface area contributed by atoms with E-state index in [2.05, 4.69) is 24.0 Å². The lowest BCUT2D eigenvalue weighted by Gasteiger charge is -2.28. The summed E-state index contributed by atoms with van der Waals surface area (Å²) < 4.78 is 30.7. The molecule has 214 valence electrons. The van der Waals surface area contributed by atoms with Gasteiger partial charge in [0.25, 0.3) is 0 Å². The Hall–Kier alpha value is -3.00. The Balaban J connectivity index is 2.13. The minimum Gasteiger partial charge on any atom is -0.501 e. The summed E-state index contributed by atoms with van der Waals surface area (Å²) in [5.74, 6) is 0.553. The summed E-state index contributed by atoms with van der Waals surface area (Å²) in [5, 5.41) is 0. The van der Waals surface area contributed by atoms with Gasteiger partial charge in [0.1, 0.15) is 11.6 Å². The first kappa shape index (κ1) is 32.2. The van der Waals surface area contributed by atoms with Gasteiger partial charge in [-0.2, -0.15) is 0 Å². The van der Waals surface area contributed by atoms with Crippen LogP contribution < -0.4 is 4.90 Å². The third kappa shape index (κ3) is 12.6. The molecule has 1 unspecified atom stereocenters. The second-order valence-electron chi connectivity index (χ2n) is 9.29. The zero-order valence-electron chi connectivity index (χ0n) is 24.0. The molecule has 0 bridgehead atoms. The highest BCUT2D eigenvalue weighted by Gasteiger charge is 2.17. The standard InChI is InChI=1S/C32H45FN2O4/c1-5-19-34(20-17-31(39-7-3)25-35(26-36)30-11-9-8-10-12-30)24-28(18-21-38-6-2)23-32(37-4)22-27-13-15-29(33)16-14-27/h8-16,18,23,26,31H,5-7,17,19-22,24-25H2,1-4H3/b28-18+,32-23+. The number of hydrogen-bond acceptors (Lipinski definition) is 5. The number of ether oxygens (including phenoxy) is 3. The molecule has 1 atom stereocenters. The fourth-order valence-electron chi connectivity index (χ4n) is 4.33. The topological polar surface area (TPSA) is 51.2 Å². The van der Waals surface area contributed by atoms with Gasteiger partial charge in [-0.05, 0) is 74.7 Å². The molecular weight excluding hydrogens is 495 g/mol. The normalized spacial score (nSPS) is 13.0. The van der Waals surface area contributed by atoms with Crippen molar-refractivity contribution in [2.75, 3.05) is 58.0 Å². The summed E-state index contributed by atoms with van der Waals surface area (Å²) in [6.45, 7) is 10.9. The fourth-order valence-corrected chi connectivity index (χ4v) is 4.33. The second kappa shape index (κ2) is 19.1. The number of methoxy groups -OCH3 is 1. The van der Waals surface area contributed by atoms with E-state index in [-0.39, 0.29) is 11.9 Å². The largest absolute Gasteiger partial charge is 0.501 e. The zero-order chi connectivity index (χ0) is 28.3. The number of halogens is 1. The van der Waals surface area contributed by atoms with Gasteiger partial charge in [-0.1, -0.05) is 43.3 Å². The summed E-state index contributed by atoms with van der Waals surface area (Å²) in [6, 6.07) is 16.2. The van der Waals surface area contributed by atoms with Crippen LogP contribution in [-0.2, 0) is 25.4 Å². The van der Waals surface area contributed by atoms with Gasteiger partial charge in [-0.3, -0.25) is 9.69 Å². The number of benzene rings is 2. The van der Waals surface area contributed by atoms with Gasteiger partial charge in [-0.15, -0.1) is 0 Å². The van der Waals surface area contributed by atoms with Crippen LogP contribution in [0.5, 0.6) is 0 Å². The first-order valence-corrected chi connectivity index (χ1v) is 13.9. The van der Waals surface area contributed by atoms with Crippen LogP contribution in [0, 0.1) is 5.82 Å². The summed E-state index contributed by atoms with van der Waals surface area (Å²) in [7, 11) is 1.66. The second-order valence-corrected chi connectivity index (χ2v) is 9.29. The van der Waals surface area contributed by atoms with Gasteiger partial charge >= 0.3 is 0 Å². The third-order valence-electron chi connectivity index (χ3n) is 6.30. The molecule has 0 saturated heterocycles. The van der Waals surface area contributed by atoms with Crippen molar-refractivity contribution >= 4 is 12.1 Å². The fraction of sp³-hybridized carbons (Fsp3) is 0.469. The average molecular weight is 541 g/mol. The van der Waals surface area contributed by atoms with Gasteiger partial charge < -0.3 is 19.1 Å². The Kier molecular flexibility index (Phi) is 15.8. The highest BCUT2D eigenvalue weighted by molar-refractivity contribution is 5.74. The monoisotopic (exact) mass is 540 g/mol. The maximum Gasteiger partial charge on any atom is 0.214 e. The molecule has 0 saturated carbocycles. The first-order valence-electron chi connectivity index (χ1n) is 13.9. The van der Waals surface area contributed by atoms with E-state index in [9.17, 15) is 9.18 Å². The van der Waals surface area contributed by atoms with Crippen LogP contribution in [0.25, 0.3) is 0 Å². The van der Waals surface area contributed by atoms with Gasteiger partial charge in [0, 0.05) is 38.4 Å². The summed E-state index contributed by atoms with van der Waals surface area (Å²) >= 11 is 0. The SMILES string of the molecule is CCCN(CCC(CN(C=O)c1ccccc1)OCC)CC(=C/COCC)/C=C(\Cc1ccc(F)cc1)OC. The van der Waals surface area contributed by atoms with Gasteiger partial charge in [0.05, 0.1) is 26.4 Å². The minimum atomic E-state index is -0.250. The highest BCUT2D eigenvalue weighted by atomic mass is 19.1. The van der Waals surface area contributed by atoms with E-state index >= 15 is 0 Å². The molecule has 0 heterocycles. The number of anilines is 1.